The zero-order valence-electron chi connectivity index (χ0n) is 22.3. The van der Waals surface area contributed by atoms with Crippen LogP contribution in [-0.4, -0.2) is 82.3 Å². The first kappa shape index (κ1) is 25.9. The van der Waals surface area contributed by atoms with E-state index in [1.54, 1.807) is 18.5 Å². The number of nitrogens with one attached hydrogen (secondary N) is 2. The van der Waals surface area contributed by atoms with Crippen molar-refractivity contribution in [1.29, 1.82) is 0 Å². The lowest BCUT2D eigenvalue weighted by Crippen LogP contribution is -2.46. The lowest BCUT2D eigenvalue weighted by atomic mass is 9.87. The van der Waals surface area contributed by atoms with Crippen LogP contribution >= 0.6 is 0 Å². The molecule has 0 aliphatic carbocycles. The number of hydrogen-bond acceptors (Lipinski definition) is 11. The molecule has 2 saturated heterocycles. The van der Waals surface area contributed by atoms with Gasteiger partial charge in [0, 0.05) is 59.5 Å². The van der Waals surface area contributed by atoms with Crippen LogP contribution in [-0.2, 0) is 9.84 Å². The molecule has 5 aromatic rings. The predicted octanol–water partition coefficient (Wildman–Crippen LogP) is 1.20. The van der Waals surface area contributed by atoms with Gasteiger partial charge in [0.25, 0.3) is 5.91 Å². The molecule has 1 unspecified atom stereocenters. The van der Waals surface area contributed by atoms with Gasteiger partial charge < -0.3 is 15.6 Å². The number of hydrogen-bond donors (Lipinski definition) is 3. The molecule has 16 heteroatoms. The van der Waals surface area contributed by atoms with Gasteiger partial charge in [-0.15, -0.1) is 0 Å². The van der Waals surface area contributed by atoms with Gasteiger partial charge in [0.15, 0.2) is 15.5 Å². The molecule has 0 aromatic carbocycles. The number of H-pyrrole nitrogens is 2. The van der Waals surface area contributed by atoms with Gasteiger partial charge in [-0.1, -0.05) is 6.07 Å². The third-order valence-electron chi connectivity index (χ3n) is 8.05. The van der Waals surface area contributed by atoms with Crippen molar-refractivity contribution >= 4 is 27.2 Å². The Bertz CT molecular complexity index is 1970. The van der Waals surface area contributed by atoms with E-state index in [1.165, 1.54) is 23.2 Å². The van der Waals surface area contributed by atoms with E-state index in [0.717, 1.165) is 19.1 Å². The summed E-state index contributed by atoms with van der Waals surface area (Å²) in [6.07, 6.45) is 11.3. The monoisotopic (exact) mass is 587 g/mol. The van der Waals surface area contributed by atoms with Gasteiger partial charge in [0.1, 0.15) is 17.0 Å². The van der Waals surface area contributed by atoms with Gasteiger partial charge in [-0.2, -0.15) is 14.7 Å². The van der Waals surface area contributed by atoms with Crippen molar-refractivity contribution in [2.75, 3.05) is 12.0 Å². The zero-order chi connectivity index (χ0) is 29.2. The van der Waals surface area contributed by atoms with Crippen LogP contribution in [0.1, 0.15) is 47.9 Å². The number of nitrogens with two attached hydrogens (primary N) is 1. The summed E-state index contributed by atoms with van der Waals surface area (Å²) in [6.45, 7) is 0. The average molecular weight is 588 g/mol. The summed E-state index contributed by atoms with van der Waals surface area (Å²) in [7, 11) is -3.78. The van der Waals surface area contributed by atoms with Crippen LogP contribution in [0.3, 0.4) is 0 Å². The summed E-state index contributed by atoms with van der Waals surface area (Å²) in [5.74, 6) is -0.280. The van der Waals surface area contributed by atoms with Gasteiger partial charge in [0.2, 0.25) is 5.82 Å². The van der Waals surface area contributed by atoms with Gasteiger partial charge in [-0.3, -0.25) is 14.9 Å². The van der Waals surface area contributed by atoms with Crippen molar-refractivity contribution < 1.29 is 13.2 Å². The number of carbonyl (C=O) groups excluding carboxylic acids is 1. The summed E-state index contributed by atoms with van der Waals surface area (Å²) in [6, 6.07) is 3.42. The summed E-state index contributed by atoms with van der Waals surface area (Å²) in [5, 5.41) is 10.8. The number of fused-ring (bicyclic) bond motifs is 3. The van der Waals surface area contributed by atoms with Crippen LogP contribution in [0.2, 0.25) is 0 Å². The number of nitrogens with zero attached hydrogens (tertiary/aromatic N) is 8. The lowest BCUT2D eigenvalue weighted by molar-refractivity contribution is 0.0556. The van der Waals surface area contributed by atoms with Crippen LogP contribution in [0, 0.1) is 0 Å². The average Bonchev–Trinajstić information content (AvgIpc) is 3.71. The maximum atomic E-state index is 13.1. The van der Waals surface area contributed by atoms with Crippen molar-refractivity contribution in [2.45, 2.75) is 48.6 Å². The molecule has 15 nitrogen and oxygen atoms in total. The van der Waals surface area contributed by atoms with Crippen LogP contribution in [0.5, 0.6) is 0 Å². The summed E-state index contributed by atoms with van der Waals surface area (Å²) in [4.78, 5) is 45.9. The maximum absolute atomic E-state index is 13.1. The molecule has 0 radical (unpaired) electrons. The Kier molecular flexibility index (Phi) is 5.89. The third kappa shape index (κ3) is 4.22. The van der Waals surface area contributed by atoms with E-state index in [4.69, 9.17) is 10.7 Å². The summed E-state index contributed by atoms with van der Waals surface area (Å²) in [5.41, 5.74) is 9.40. The van der Waals surface area contributed by atoms with Crippen molar-refractivity contribution in [3.05, 3.63) is 65.3 Å². The van der Waals surface area contributed by atoms with Gasteiger partial charge in [-0.05, 0) is 31.7 Å². The molecule has 2 bridgehead atoms. The zero-order valence-corrected chi connectivity index (χ0v) is 23.1. The number of pyridine rings is 1. The van der Waals surface area contributed by atoms with Crippen LogP contribution < -0.4 is 11.4 Å². The number of amides is 1. The quantitative estimate of drug-likeness (QED) is 0.266. The maximum Gasteiger partial charge on any atom is 0.344 e. The largest absolute Gasteiger partial charge is 0.382 e. The van der Waals surface area contributed by atoms with Crippen LogP contribution in [0.25, 0.3) is 28.0 Å². The van der Waals surface area contributed by atoms with Gasteiger partial charge in [0.05, 0.1) is 17.6 Å². The smallest absolute Gasteiger partial charge is 0.344 e. The second kappa shape index (κ2) is 9.54. The van der Waals surface area contributed by atoms with Crippen molar-refractivity contribution in [3.63, 3.8) is 0 Å². The highest BCUT2D eigenvalue weighted by Crippen LogP contribution is 2.45. The molecule has 1 amide bonds. The molecule has 7 rings (SSSR count). The number of sulfone groups is 1. The number of anilines is 1. The van der Waals surface area contributed by atoms with E-state index >= 15 is 0 Å². The van der Waals surface area contributed by atoms with Gasteiger partial charge >= 0.3 is 5.69 Å². The Morgan fingerprint density at radius 1 is 1.05 bits per heavy atom. The normalized spacial score (nSPS) is 20.3. The first-order valence-corrected chi connectivity index (χ1v) is 15.1. The number of aromatic amines is 2. The molecular weight excluding hydrogens is 562 g/mol. The fraction of sp³-hybridized carbons (Fsp3) is 0.308. The standard InChI is InChI=1S/C26H25N11O4S/c1-42(40,41)21-20(14-6-16-3-4-17(7-14)36(16)25(38)23-31-12-32-35-23)34-24-18(11-33-37(24)22(21)27)13-2-5-19(28-8-13)15-9-29-26(39)30-10-15/h2,5,8-12,14,16-17H,3-4,6-7,27H2,1H3,(H,29,30,39)(H,31,32,35)/t14?,16-,17+. The summed E-state index contributed by atoms with van der Waals surface area (Å²) >= 11 is 0. The fourth-order valence-electron chi connectivity index (χ4n) is 6.25. The Morgan fingerprint density at radius 3 is 2.43 bits per heavy atom. The van der Waals surface area contributed by atoms with E-state index in [0.29, 0.717) is 46.6 Å². The highest BCUT2D eigenvalue weighted by atomic mass is 32.2. The lowest BCUT2D eigenvalue weighted by Gasteiger charge is -2.38. The Morgan fingerprint density at radius 2 is 1.81 bits per heavy atom. The van der Waals surface area contributed by atoms with E-state index < -0.39 is 15.5 Å². The molecule has 0 saturated carbocycles. The first-order valence-electron chi connectivity index (χ1n) is 13.3. The molecule has 4 N–H and O–H groups in total. The molecule has 2 fully saturated rings. The molecule has 0 spiro atoms. The fourth-order valence-corrected chi connectivity index (χ4v) is 7.31. The van der Waals surface area contributed by atoms with E-state index in [2.05, 4.69) is 35.2 Å². The van der Waals surface area contributed by atoms with Gasteiger partial charge in [-0.25, -0.2) is 28.2 Å². The minimum Gasteiger partial charge on any atom is -0.382 e. The Hall–Kier alpha value is -4.99. The molecule has 2 aliphatic heterocycles. The summed E-state index contributed by atoms with van der Waals surface area (Å²) < 4.78 is 27.5. The highest BCUT2D eigenvalue weighted by Gasteiger charge is 2.46. The van der Waals surface area contributed by atoms with Crippen molar-refractivity contribution in [3.8, 4) is 22.4 Å². The number of nitrogen functional groups attached to an aromatic ring is 1. The molecule has 7 heterocycles. The minimum absolute atomic E-state index is 0.0137. The Labute approximate surface area is 238 Å². The molecule has 2 aliphatic rings. The second-order valence-corrected chi connectivity index (χ2v) is 12.6. The number of piperidine rings is 1. The van der Waals surface area contributed by atoms with Crippen LogP contribution in [0.4, 0.5) is 5.82 Å². The molecular formula is C26H25N11O4S. The van der Waals surface area contributed by atoms with E-state index in [-0.39, 0.29) is 40.4 Å². The Balaban J connectivity index is 1.28. The van der Waals surface area contributed by atoms with E-state index in [9.17, 15) is 18.0 Å². The number of rotatable bonds is 5. The van der Waals surface area contributed by atoms with Crippen LogP contribution in [0.15, 0.2) is 52.9 Å². The SMILES string of the molecule is CS(=O)(=O)c1c(C2C[C@H]3CC[C@@H](C2)N3C(=O)c2ncn[nH]2)nc2c(-c3ccc(-c4cnc(=O)[nH]c4)nc3)cnn2c1N. The molecule has 214 valence electrons. The first-order chi connectivity index (χ1) is 20.2. The van der Waals surface area contributed by atoms with Crippen molar-refractivity contribution in [2.24, 2.45) is 0 Å². The number of aromatic nitrogens is 9. The topological polar surface area (TPSA) is 211 Å². The minimum atomic E-state index is -3.78. The number of carbonyl (C=O) groups is 1. The highest BCUT2D eigenvalue weighted by molar-refractivity contribution is 7.91. The predicted molar refractivity (Wildman–Crippen MR) is 149 cm³/mol. The van der Waals surface area contributed by atoms with Crippen molar-refractivity contribution in [1.82, 2.24) is 49.6 Å². The second-order valence-electron chi connectivity index (χ2n) is 10.6. The molecule has 42 heavy (non-hydrogen) atoms. The third-order valence-corrected chi connectivity index (χ3v) is 9.21. The molecule has 5 aromatic heterocycles. The van der Waals surface area contributed by atoms with E-state index in [1.807, 2.05) is 11.0 Å². The molecule has 3 atom stereocenters.